The first-order valence-electron chi connectivity index (χ1n) is 17.9. The van der Waals surface area contributed by atoms with Crippen LogP contribution in [0.25, 0.3) is 11.1 Å². The normalized spacial score (nSPS) is 11.0. The molecule has 250 valence electrons. The van der Waals surface area contributed by atoms with Gasteiger partial charge in [-0.1, -0.05) is 116 Å². The molecule has 0 aromatic heterocycles. The topological polar surface area (TPSA) is 61.8 Å². The summed E-state index contributed by atoms with van der Waals surface area (Å²) in [7, 11) is 0. The van der Waals surface area contributed by atoms with E-state index in [-0.39, 0.29) is 12.1 Å². The molecule has 0 radical (unpaired) electrons. The SMILES string of the molecule is CCCCCCCCOc1ccc(-c2ccc(C(=O)Oc3ccc(C(=O)OC(CCCCCC)CCCCCC)cc3)cc2)cc1. The largest absolute Gasteiger partial charge is 0.494 e. The molecule has 0 amide bonds. The second kappa shape index (κ2) is 22.0. The quantitative estimate of drug-likeness (QED) is 0.0594. The fourth-order valence-corrected chi connectivity index (χ4v) is 5.52. The third kappa shape index (κ3) is 13.8. The third-order valence-corrected chi connectivity index (χ3v) is 8.41. The van der Waals surface area contributed by atoms with Crippen molar-refractivity contribution in [2.75, 3.05) is 6.61 Å². The molecule has 5 nitrogen and oxygen atoms in total. The van der Waals surface area contributed by atoms with Crippen molar-refractivity contribution in [2.45, 2.75) is 130 Å². The fraction of sp³-hybridized carbons (Fsp3) is 0.512. The summed E-state index contributed by atoms with van der Waals surface area (Å²) in [6, 6.07) is 22.1. The van der Waals surface area contributed by atoms with E-state index in [0.29, 0.717) is 16.9 Å². The molecule has 46 heavy (non-hydrogen) atoms. The lowest BCUT2D eigenvalue weighted by molar-refractivity contribution is 0.0249. The molecule has 5 heteroatoms. The van der Waals surface area contributed by atoms with Gasteiger partial charge in [-0.2, -0.15) is 0 Å². The molecular formula is C41H56O5. The van der Waals surface area contributed by atoms with Crippen LogP contribution in [0.1, 0.15) is 144 Å². The molecule has 0 atom stereocenters. The van der Waals surface area contributed by atoms with Crippen LogP contribution in [0.4, 0.5) is 0 Å². The van der Waals surface area contributed by atoms with Gasteiger partial charge < -0.3 is 14.2 Å². The summed E-state index contributed by atoms with van der Waals surface area (Å²) in [5.41, 5.74) is 2.99. The van der Waals surface area contributed by atoms with Crippen molar-refractivity contribution in [1.29, 1.82) is 0 Å². The zero-order valence-electron chi connectivity index (χ0n) is 28.6. The van der Waals surface area contributed by atoms with Gasteiger partial charge in [0, 0.05) is 0 Å². The van der Waals surface area contributed by atoms with Gasteiger partial charge in [0.15, 0.2) is 0 Å². The lowest BCUT2D eigenvalue weighted by atomic mass is 10.0. The smallest absolute Gasteiger partial charge is 0.343 e. The maximum absolute atomic E-state index is 12.9. The highest BCUT2D eigenvalue weighted by Gasteiger charge is 2.17. The van der Waals surface area contributed by atoms with Crippen LogP contribution in [0.2, 0.25) is 0 Å². The number of hydrogen-bond donors (Lipinski definition) is 0. The molecule has 0 aliphatic rings. The average molecular weight is 629 g/mol. The Balaban J connectivity index is 1.47. The highest BCUT2D eigenvalue weighted by Crippen LogP contribution is 2.24. The number of carbonyl (C=O) groups excluding carboxylic acids is 2. The Morgan fingerprint density at radius 3 is 1.50 bits per heavy atom. The minimum Gasteiger partial charge on any atom is -0.494 e. The minimum atomic E-state index is -0.445. The Kier molecular flexibility index (Phi) is 17.6. The van der Waals surface area contributed by atoms with E-state index in [1.165, 1.54) is 70.6 Å². The van der Waals surface area contributed by atoms with Crippen LogP contribution in [-0.2, 0) is 4.74 Å². The van der Waals surface area contributed by atoms with E-state index >= 15 is 0 Å². The lowest BCUT2D eigenvalue weighted by Crippen LogP contribution is -2.18. The van der Waals surface area contributed by atoms with Gasteiger partial charge in [-0.25, -0.2) is 9.59 Å². The number of esters is 2. The van der Waals surface area contributed by atoms with Gasteiger partial charge in [-0.15, -0.1) is 0 Å². The molecule has 0 bridgehead atoms. The van der Waals surface area contributed by atoms with E-state index in [0.717, 1.165) is 55.6 Å². The molecular weight excluding hydrogens is 572 g/mol. The number of carbonyl (C=O) groups is 2. The van der Waals surface area contributed by atoms with Crippen LogP contribution in [0.15, 0.2) is 72.8 Å². The monoisotopic (exact) mass is 628 g/mol. The molecule has 0 aliphatic carbocycles. The Labute approximate surface area is 278 Å². The molecule has 3 aromatic carbocycles. The summed E-state index contributed by atoms with van der Waals surface area (Å²) in [6.07, 6.45) is 18.5. The summed E-state index contributed by atoms with van der Waals surface area (Å²) in [5, 5.41) is 0. The van der Waals surface area contributed by atoms with Crippen LogP contribution >= 0.6 is 0 Å². The first-order valence-corrected chi connectivity index (χ1v) is 17.9. The van der Waals surface area contributed by atoms with Crippen molar-refractivity contribution in [3.05, 3.63) is 83.9 Å². The predicted octanol–water partition coefficient (Wildman–Crippen LogP) is 11.8. The third-order valence-electron chi connectivity index (χ3n) is 8.41. The average Bonchev–Trinajstić information content (AvgIpc) is 3.08. The zero-order chi connectivity index (χ0) is 32.8. The van der Waals surface area contributed by atoms with Gasteiger partial charge in [0.2, 0.25) is 0 Å². The molecule has 0 saturated carbocycles. The molecule has 0 heterocycles. The Hall–Kier alpha value is -3.60. The zero-order valence-corrected chi connectivity index (χ0v) is 28.6. The van der Waals surface area contributed by atoms with Crippen molar-refractivity contribution < 1.29 is 23.8 Å². The van der Waals surface area contributed by atoms with Crippen LogP contribution in [0, 0.1) is 0 Å². The van der Waals surface area contributed by atoms with E-state index in [1.807, 2.05) is 36.4 Å². The molecule has 0 fully saturated rings. The number of benzene rings is 3. The molecule has 3 rings (SSSR count). The van der Waals surface area contributed by atoms with E-state index in [9.17, 15) is 9.59 Å². The van der Waals surface area contributed by atoms with Crippen LogP contribution in [0.5, 0.6) is 11.5 Å². The Morgan fingerprint density at radius 2 is 0.935 bits per heavy atom. The minimum absolute atomic E-state index is 0.0529. The summed E-state index contributed by atoms with van der Waals surface area (Å²) in [5.74, 6) is 0.501. The molecule has 0 unspecified atom stereocenters. The van der Waals surface area contributed by atoms with E-state index in [1.54, 1.807) is 36.4 Å². The molecule has 0 saturated heterocycles. The van der Waals surface area contributed by atoms with Crippen molar-refractivity contribution in [3.63, 3.8) is 0 Å². The van der Waals surface area contributed by atoms with Crippen molar-refractivity contribution in [3.8, 4) is 22.6 Å². The van der Waals surface area contributed by atoms with Crippen molar-refractivity contribution >= 4 is 11.9 Å². The summed E-state index contributed by atoms with van der Waals surface area (Å²) in [4.78, 5) is 25.8. The van der Waals surface area contributed by atoms with E-state index in [2.05, 4.69) is 20.8 Å². The first kappa shape index (κ1) is 36.9. The maximum atomic E-state index is 12.9. The Bertz CT molecular complexity index is 1240. The molecule has 0 spiro atoms. The van der Waals surface area contributed by atoms with Crippen molar-refractivity contribution in [2.24, 2.45) is 0 Å². The number of ether oxygens (including phenoxy) is 3. The second-order valence-corrected chi connectivity index (χ2v) is 12.4. The maximum Gasteiger partial charge on any atom is 0.343 e. The number of rotatable bonds is 23. The lowest BCUT2D eigenvalue weighted by Gasteiger charge is -2.18. The molecule has 0 N–H and O–H groups in total. The van der Waals surface area contributed by atoms with Gasteiger partial charge in [0.25, 0.3) is 0 Å². The summed E-state index contributed by atoms with van der Waals surface area (Å²) >= 11 is 0. The summed E-state index contributed by atoms with van der Waals surface area (Å²) in [6.45, 7) is 7.38. The predicted molar refractivity (Wildman–Crippen MR) is 189 cm³/mol. The Morgan fingerprint density at radius 1 is 0.500 bits per heavy atom. The van der Waals surface area contributed by atoms with Crippen LogP contribution in [0.3, 0.4) is 0 Å². The number of unbranched alkanes of at least 4 members (excludes halogenated alkanes) is 11. The highest BCUT2D eigenvalue weighted by atomic mass is 16.5. The van der Waals surface area contributed by atoms with Crippen molar-refractivity contribution in [1.82, 2.24) is 0 Å². The molecule has 0 aliphatic heterocycles. The van der Waals surface area contributed by atoms with Gasteiger partial charge in [0.1, 0.15) is 17.6 Å². The fourth-order valence-electron chi connectivity index (χ4n) is 5.52. The van der Waals surface area contributed by atoms with E-state index in [4.69, 9.17) is 14.2 Å². The van der Waals surface area contributed by atoms with Crippen LogP contribution in [-0.4, -0.2) is 24.6 Å². The van der Waals surface area contributed by atoms with Gasteiger partial charge in [-0.05, 0) is 91.8 Å². The van der Waals surface area contributed by atoms with Crippen LogP contribution < -0.4 is 9.47 Å². The van der Waals surface area contributed by atoms with E-state index < -0.39 is 5.97 Å². The highest BCUT2D eigenvalue weighted by molar-refractivity contribution is 5.92. The second-order valence-electron chi connectivity index (χ2n) is 12.4. The standard InChI is InChI=1S/C41H56O5/c1-4-7-10-13-14-17-32-44-37-28-24-34(25-29-37)33-20-22-35(23-21-33)40(42)46-39-30-26-36(27-31-39)41(43)45-38(18-15-11-8-5-2)19-16-12-9-6-3/h20-31,38H,4-19,32H2,1-3H3. The van der Waals surface area contributed by atoms with Gasteiger partial charge >= 0.3 is 11.9 Å². The first-order chi connectivity index (χ1) is 22.5. The van der Waals surface area contributed by atoms with Gasteiger partial charge in [0.05, 0.1) is 17.7 Å². The molecule has 3 aromatic rings. The summed E-state index contributed by atoms with van der Waals surface area (Å²) < 4.78 is 17.4. The number of hydrogen-bond acceptors (Lipinski definition) is 5. The van der Waals surface area contributed by atoms with Gasteiger partial charge in [-0.3, -0.25) is 0 Å².